The third kappa shape index (κ3) is 5.43. The Labute approximate surface area is 176 Å². The van der Waals surface area contributed by atoms with Gasteiger partial charge in [0, 0.05) is 18.7 Å². The van der Waals surface area contributed by atoms with Crippen molar-refractivity contribution in [2.24, 2.45) is 0 Å². The van der Waals surface area contributed by atoms with Crippen LogP contribution in [-0.2, 0) is 10.2 Å². The molecule has 0 saturated heterocycles. The van der Waals surface area contributed by atoms with Crippen LogP contribution in [-0.4, -0.2) is 38.3 Å². The highest BCUT2D eigenvalue weighted by Crippen LogP contribution is 2.33. The minimum atomic E-state index is -0.243. The van der Waals surface area contributed by atoms with Gasteiger partial charge >= 0.3 is 0 Å². The molecule has 1 aliphatic heterocycles. The summed E-state index contributed by atoms with van der Waals surface area (Å²) in [5.74, 6) is 1.40. The number of rotatable bonds is 7. The lowest BCUT2D eigenvalue weighted by atomic mass is 9.85. The Morgan fingerprint density at radius 1 is 1.00 bits per heavy atom. The van der Waals surface area contributed by atoms with Crippen LogP contribution in [0.25, 0.3) is 0 Å². The molecule has 2 N–H and O–H groups in total. The van der Waals surface area contributed by atoms with Crippen molar-refractivity contribution in [2.75, 3.05) is 26.5 Å². The summed E-state index contributed by atoms with van der Waals surface area (Å²) < 4.78 is 16.2. The maximum absolute atomic E-state index is 12.2. The van der Waals surface area contributed by atoms with E-state index in [-0.39, 0.29) is 30.6 Å². The fourth-order valence-electron chi connectivity index (χ4n) is 3.07. The summed E-state index contributed by atoms with van der Waals surface area (Å²) in [5, 5.41) is 5.51. The zero-order valence-corrected chi connectivity index (χ0v) is 17.8. The van der Waals surface area contributed by atoms with Gasteiger partial charge in [-0.2, -0.15) is 0 Å². The Kier molecular flexibility index (Phi) is 6.50. The monoisotopic (exact) mass is 412 g/mol. The quantitative estimate of drug-likeness (QED) is 0.683. The first-order valence-electron chi connectivity index (χ1n) is 9.92. The number of ether oxygens (including phenoxy) is 3. The fraction of sp³-hybridized carbons (Fsp3) is 0.391. The van der Waals surface area contributed by atoms with Crippen LogP contribution in [0.15, 0.2) is 36.4 Å². The van der Waals surface area contributed by atoms with Gasteiger partial charge in [0.15, 0.2) is 18.1 Å². The van der Waals surface area contributed by atoms with E-state index in [1.165, 1.54) is 0 Å². The van der Waals surface area contributed by atoms with Gasteiger partial charge in [0.25, 0.3) is 11.8 Å². The molecule has 0 atom stereocenters. The molecule has 0 radical (unpaired) electrons. The zero-order chi connectivity index (χ0) is 21.7. The molecule has 0 aromatic heterocycles. The van der Waals surface area contributed by atoms with Gasteiger partial charge in [-0.25, -0.2) is 0 Å². The number of fused-ring (bicyclic) bond motifs is 1. The average Bonchev–Trinajstić information content (AvgIpc) is 3.17. The summed E-state index contributed by atoms with van der Waals surface area (Å²) in [7, 11) is 0. The predicted octanol–water partition coefficient (Wildman–Crippen LogP) is 2.95. The van der Waals surface area contributed by atoms with E-state index in [4.69, 9.17) is 14.2 Å². The topological polar surface area (TPSA) is 85.9 Å². The number of hydrogen-bond donors (Lipinski definition) is 2. The number of nitrogens with one attached hydrogen (secondary N) is 2. The highest BCUT2D eigenvalue weighted by atomic mass is 16.7. The molecule has 7 heteroatoms. The molecule has 2 amide bonds. The first-order valence-corrected chi connectivity index (χ1v) is 9.92. The molecule has 0 aliphatic carbocycles. The van der Waals surface area contributed by atoms with Gasteiger partial charge in [0.1, 0.15) is 5.75 Å². The van der Waals surface area contributed by atoms with Crippen molar-refractivity contribution in [2.45, 2.75) is 33.1 Å². The Hall–Kier alpha value is -3.22. The molecule has 30 heavy (non-hydrogen) atoms. The molecule has 1 heterocycles. The minimum absolute atomic E-state index is 0.0811. The molecule has 0 spiro atoms. The summed E-state index contributed by atoms with van der Waals surface area (Å²) in [6.45, 7) is 9.04. The van der Waals surface area contributed by atoms with Crippen molar-refractivity contribution in [3.8, 4) is 17.2 Å². The van der Waals surface area contributed by atoms with Crippen LogP contribution in [0.2, 0.25) is 0 Å². The van der Waals surface area contributed by atoms with Crippen molar-refractivity contribution in [3.05, 3.63) is 53.1 Å². The Balaban J connectivity index is 1.42. The summed E-state index contributed by atoms with van der Waals surface area (Å²) in [6.07, 6.45) is 0. The first-order chi connectivity index (χ1) is 14.2. The van der Waals surface area contributed by atoms with Crippen molar-refractivity contribution < 1.29 is 23.8 Å². The predicted molar refractivity (Wildman–Crippen MR) is 113 cm³/mol. The summed E-state index contributed by atoms with van der Waals surface area (Å²) in [6, 6.07) is 11.0. The van der Waals surface area contributed by atoms with Crippen molar-refractivity contribution >= 4 is 11.8 Å². The minimum Gasteiger partial charge on any atom is -0.483 e. The number of carbonyl (C=O) groups is 2. The van der Waals surface area contributed by atoms with Gasteiger partial charge < -0.3 is 24.8 Å². The lowest BCUT2D eigenvalue weighted by Crippen LogP contribution is -2.36. The molecule has 2 aromatic rings. The van der Waals surface area contributed by atoms with Gasteiger partial charge in [-0.05, 0) is 42.2 Å². The standard InChI is InChI=1S/C23H28N2O5/c1-15-5-7-18(17(11-15)23(2,3)4)28-13-21(26)24-9-10-25-22(27)16-6-8-19-20(12-16)30-14-29-19/h5-8,11-12H,9-10,13-14H2,1-4H3,(H,24,26)(H,25,27). The van der Waals surface area contributed by atoms with E-state index < -0.39 is 0 Å². The van der Waals surface area contributed by atoms with Crippen molar-refractivity contribution in [3.63, 3.8) is 0 Å². The molecule has 0 fully saturated rings. The Bertz CT molecular complexity index is 934. The van der Waals surface area contributed by atoms with Gasteiger partial charge in [0.05, 0.1) is 0 Å². The molecule has 7 nitrogen and oxygen atoms in total. The number of hydrogen-bond acceptors (Lipinski definition) is 5. The summed E-state index contributed by atoms with van der Waals surface area (Å²) in [5.41, 5.74) is 2.60. The van der Waals surface area contributed by atoms with Crippen molar-refractivity contribution in [1.82, 2.24) is 10.6 Å². The summed E-state index contributed by atoms with van der Waals surface area (Å²) >= 11 is 0. The third-order valence-electron chi connectivity index (χ3n) is 4.67. The maximum atomic E-state index is 12.2. The van der Waals surface area contributed by atoms with E-state index >= 15 is 0 Å². The molecular weight excluding hydrogens is 384 g/mol. The fourth-order valence-corrected chi connectivity index (χ4v) is 3.07. The normalized spacial score (nSPS) is 12.4. The van der Waals surface area contributed by atoms with Crippen LogP contribution in [0, 0.1) is 6.92 Å². The number of benzene rings is 2. The first kappa shape index (κ1) is 21.5. The molecule has 160 valence electrons. The zero-order valence-electron chi connectivity index (χ0n) is 17.8. The molecule has 0 bridgehead atoms. The largest absolute Gasteiger partial charge is 0.483 e. The van der Waals surface area contributed by atoms with E-state index in [0.29, 0.717) is 35.9 Å². The molecule has 0 saturated carbocycles. The smallest absolute Gasteiger partial charge is 0.258 e. The molecule has 2 aromatic carbocycles. The molecular formula is C23H28N2O5. The second kappa shape index (κ2) is 9.07. The third-order valence-corrected chi connectivity index (χ3v) is 4.67. The highest BCUT2D eigenvalue weighted by Gasteiger charge is 2.20. The van der Waals surface area contributed by atoms with Gasteiger partial charge in [-0.15, -0.1) is 0 Å². The second-order valence-electron chi connectivity index (χ2n) is 8.21. The van der Waals surface area contributed by atoms with E-state index in [9.17, 15) is 9.59 Å². The van der Waals surface area contributed by atoms with Gasteiger partial charge in [0.2, 0.25) is 6.79 Å². The van der Waals surface area contributed by atoms with Crippen LogP contribution in [0.4, 0.5) is 0 Å². The summed E-state index contributed by atoms with van der Waals surface area (Å²) in [4.78, 5) is 24.3. The van der Waals surface area contributed by atoms with Gasteiger partial charge in [-0.3, -0.25) is 9.59 Å². The Morgan fingerprint density at radius 2 is 1.73 bits per heavy atom. The van der Waals surface area contributed by atoms with E-state index in [2.05, 4.69) is 37.5 Å². The molecule has 3 rings (SSSR count). The van der Waals surface area contributed by atoms with Crippen LogP contribution < -0.4 is 24.8 Å². The average molecular weight is 412 g/mol. The highest BCUT2D eigenvalue weighted by molar-refractivity contribution is 5.95. The van der Waals surface area contributed by atoms with Crippen LogP contribution in [0.5, 0.6) is 17.2 Å². The SMILES string of the molecule is Cc1ccc(OCC(=O)NCCNC(=O)c2ccc3c(c2)OCO3)c(C(C)(C)C)c1. The molecule has 1 aliphatic rings. The van der Waals surface area contributed by atoms with Crippen LogP contribution in [0.3, 0.4) is 0 Å². The molecule has 0 unspecified atom stereocenters. The number of aryl methyl sites for hydroxylation is 1. The van der Waals surface area contributed by atoms with E-state index in [1.54, 1.807) is 18.2 Å². The number of amides is 2. The Morgan fingerprint density at radius 3 is 2.50 bits per heavy atom. The van der Waals surface area contributed by atoms with Crippen molar-refractivity contribution in [1.29, 1.82) is 0 Å². The van der Waals surface area contributed by atoms with E-state index in [1.807, 2.05) is 19.1 Å². The maximum Gasteiger partial charge on any atom is 0.258 e. The van der Waals surface area contributed by atoms with Crippen LogP contribution in [0.1, 0.15) is 42.3 Å². The van der Waals surface area contributed by atoms with Crippen LogP contribution >= 0.6 is 0 Å². The number of carbonyl (C=O) groups excluding carboxylic acids is 2. The second-order valence-corrected chi connectivity index (χ2v) is 8.21. The lowest BCUT2D eigenvalue weighted by molar-refractivity contribution is -0.123. The lowest BCUT2D eigenvalue weighted by Gasteiger charge is -2.23. The van der Waals surface area contributed by atoms with Gasteiger partial charge in [-0.1, -0.05) is 38.5 Å². The van der Waals surface area contributed by atoms with E-state index in [0.717, 1.165) is 11.1 Å².